The van der Waals surface area contributed by atoms with Gasteiger partial charge in [0.1, 0.15) is 5.82 Å². The van der Waals surface area contributed by atoms with Crippen molar-refractivity contribution in [2.24, 2.45) is 4.99 Å². The summed E-state index contributed by atoms with van der Waals surface area (Å²) >= 11 is 1.49. The first kappa shape index (κ1) is 18.3. The highest BCUT2D eigenvalue weighted by molar-refractivity contribution is 8.93. The minimum absolute atomic E-state index is 0. The molecular weight excluding hydrogens is 391 g/mol. The van der Waals surface area contributed by atoms with E-state index in [-0.39, 0.29) is 35.1 Å². The van der Waals surface area contributed by atoms with Crippen LogP contribution in [0.5, 0.6) is 0 Å². The summed E-state index contributed by atoms with van der Waals surface area (Å²) in [5, 5.41) is 1.97. The fourth-order valence-electron chi connectivity index (χ4n) is 2.18. The van der Waals surface area contributed by atoms with Gasteiger partial charge in [-0.2, -0.15) is 0 Å². The van der Waals surface area contributed by atoms with Crippen molar-refractivity contribution in [1.82, 2.24) is 4.57 Å². The van der Waals surface area contributed by atoms with Crippen LogP contribution in [0.1, 0.15) is 16.1 Å². The molecular formula is C18H16BrFN2OS. The molecule has 0 saturated carbocycles. The van der Waals surface area contributed by atoms with E-state index in [0.29, 0.717) is 5.56 Å². The second-order valence-electron chi connectivity index (χ2n) is 5.12. The smallest absolute Gasteiger partial charge is 0.190 e. The van der Waals surface area contributed by atoms with Crippen LogP contribution >= 0.6 is 28.3 Å². The van der Waals surface area contributed by atoms with Crippen LogP contribution in [-0.4, -0.2) is 10.4 Å². The van der Waals surface area contributed by atoms with Crippen molar-refractivity contribution in [1.29, 1.82) is 0 Å². The second kappa shape index (κ2) is 8.17. The largest absolute Gasteiger partial charge is 0.313 e. The van der Waals surface area contributed by atoms with Gasteiger partial charge in [-0.05, 0) is 43.3 Å². The Labute approximate surface area is 153 Å². The fraction of sp³-hybridized carbons (Fsp3) is 0.111. The van der Waals surface area contributed by atoms with E-state index in [1.165, 1.54) is 35.6 Å². The standard InChI is InChI=1S/C18H15FN2OS.BrH/c1-13-12-23-18(20-16-5-3-2-4-6-16)21(13)11-17(22)14-7-9-15(19)10-8-14;/h2-10,12H,11H2,1H3;1H. The molecule has 1 aromatic heterocycles. The van der Waals surface area contributed by atoms with Gasteiger partial charge >= 0.3 is 0 Å². The Balaban J connectivity index is 0.00000208. The van der Waals surface area contributed by atoms with Crippen LogP contribution in [0.3, 0.4) is 0 Å². The molecule has 0 radical (unpaired) electrons. The van der Waals surface area contributed by atoms with Gasteiger partial charge in [-0.15, -0.1) is 28.3 Å². The molecule has 2 aromatic carbocycles. The van der Waals surface area contributed by atoms with Crippen LogP contribution in [-0.2, 0) is 6.54 Å². The minimum Gasteiger partial charge on any atom is -0.313 e. The number of hydrogen-bond acceptors (Lipinski definition) is 3. The number of thiazole rings is 1. The molecule has 0 amide bonds. The molecule has 0 aliphatic carbocycles. The zero-order valence-corrected chi connectivity index (χ0v) is 15.5. The van der Waals surface area contributed by atoms with Crippen molar-refractivity contribution < 1.29 is 9.18 Å². The molecule has 0 atom stereocenters. The van der Waals surface area contributed by atoms with Crippen molar-refractivity contribution >= 4 is 39.8 Å². The summed E-state index contributed by atoms with van der Waals surface area (Å²) < 4.78 is 14.8. The van der Waals surface area contributed by atoms with Crippen molar-refractivity contribution in [3.8, 4) is 0 Å². The lowest BCUT2D eigenvalue weighted by molar-refractivity contribution is 0.0970. The highest BCUT2D eigenvalue weighted by atomic mass is 79.9. The summed E-state index contributed by atoms with van der Waals surface area (Å²) in [6.07, 6.45) is 0. The van der Waals surface area contributed by atoms with E-state index < -0.39 is 0 Å². The summed E-state index contributed by atoms with van der Waals surface area (Å²) in [6, 6.07) is 15.2. The van der Waals surface area contributed by atoms with Crippen LogP contribution < -0.4 is 4.80 Å². The number of halogens is 2. The highest BCUT2D eigenvalue weighted by Gasteiger charge is 2.10. The molecule has 3 aromatic rings. The Kier molecular flexibility index (Phi) is 6.23. The quantitative estimate of drug-likeness (QED) is 0.578. The molecule has 0 bridgehead atoms. The van der Waals surface area contributed by atoms with E-state index in [1.54, 1.807) is 0 Å². The third kappa shape index (κ3) is 4.27. The maximum atomic E-state index is 13.0. The van der Waals surface area contributed by atoms with E-state index >= 15 is 0 Å². The number of nitrogens with zero attached hydrogens (tertiary/aromatic N) is 2. The number of benzene rings is 2. The summed E-state index contributed by atoms with van der Waals surface area (Å²) in [7, 11) is 0. The van der Waals surface area contributed by atoms with E-state index in [4.69, 9.17) is 0 Å². The third-order valence-electron chi connectivity index (χ3n) is 3.44. The van der Waals surface area contributed by atoms with E-state index in [2.05, 4.69) is 4.99 Å². The summed E-state index contributed by atoms with van der Waals surface area (Å²) in [5.74, 6) is -0.415. The van der Waals surface area contributed by atoms with Gasteiger partial charge in [0.15, 0.2) is 10.6 Å². The summed E-state index contributed by atoms with van der Waals surface area (Å²) in [6.45, 7) is 2.13. The average Bonchev–Trinajstić information content (AvgIpc) is 2.89. The number of Topliss-reactive ketones (excluding diaryl/α,β-unsaturated/α-hetero) is 1. The zero-order chi connectivity index (χ0) is 16.2. The predicted octanol–water partition coefficient (Wildman–Crippen LogP) is 4.69. The monoisotopic (exact) mass is 406 g/mol. The van der Waals surface area contributed by atoms with Crippen molar-refractivity contribution in [2.75, 3.05) is 0 Å². The van der Waals surface area contributed by atoms with Crippen molar-refractivity contribution in [3.63, 3.8) is 0 Å². The number of hydrogen-bond donors (Lipinski definition) is 0. The second-order valence-corrected chi connectivity index (χ2v) is 5.96. The number of aryl methyl sites for hydroxylation is 1. The Morgan fingerprint density at radius 3 is 2.46 bits per heavy atom. The lowest BCUT2D eigenvalue weighted by Gasteiger charge is -2.05. The average molecular weight is 407 g/mol. The maximum absolute atomic E-state index is 13.0. The number of carbonyl (C=O) groups is 1. The predicted molar refractivity (Wildman–Crippen MR) is 99.8 cm³/mol. The molecule has 0 N–H and O–H groups in total. The van der Waals surface area contributed by atoms with Gasteiger partial charge in [-0.1, -0.05) is 18.2 Å². The van der Waals surface area contributed by atoms with Gasteiger partial charge in [0.2, 0.25) is 0 Å². The van der Waals surface area contributed by atoms with Crippen LogP contribution in [0.2, 0.25) is 0 Å². The summed E-state index contributed by atoms with van der Waals surface area (Å²) in [5.41, 5.74) is 2.31. The topological polar surface area (TPSA) is 34.4 Å². The Morgan fingerprint density at radius 2 is 1.79 bits per heavy atom. The Bertz CT molecular complexity index is 885. The SMILES string of the molecule is Br.Cc1csc(=Nc2ccccc2)n1CC(=O)c1ccc(F)cc1. The number of ketones is 1. The van der Waals surface area contributed by atoms with Gasteiger partial charge in [0.25, 0.3) is 0 Å². The van der Waals surface area contributed by atoms with Crippen molar-refractivity contribution in [2.45, 2.75) is 13.5 Å². The molecule has 3 rings (SSSR count). The highest BCUT2D eigenvalue weighted by Crippen LogP contribution is 2.11. The van der Waals surface area contributed by atoms with Crippen LogP contribution in [0.25, 0.3) is 0 Å². The molecule has 0 saturated heterocycles. The Morgan fingerprint density at radius 1 is 1.12 bits per heavy atom. The van der Waals surface area contributed by atoms with Crippen molar-refractivity contribution in [3.05, 3.63) is 81.9 Å². The number of para-hydroxylation sites is 1. The van der Waals surface area contributed by atoms with Gasteiger partial charge in [-0.25, -0.2) is 9.38 Å². The molecule has 0 fully saturated rings. The van der Waals surface area contributed by atoms with Gasteiger partial charge in [0.05, 0.1) is 12.2 Å². The van der Waals surface area contributed by atoms with Gasteiger partial charge < -0.3 is 4.57 Å². The first-order chi connectivity index (χ1) is 11.1. The molecule has 24 heavy (non-hydrogen) atoms. The molecule has 124 valence electrons. The summed E-state index contributed by atoms with van der Waals surface area (Å²) in [4.78, 5) is 17.8. The number of aromatic nitrogens is 1. The lowest BCUT2D eigenvalue weighted by atomic mass is 10.1. The van der Waals surface area contributed by atoms with Crippen LogP contribution in [0, 0.1) is 12.7 Å². The Hall–Kier alpha value is -2.05. The molecule has 0 unspecified atom stereocenters. The van der Waals surface area contributed by atoms with Crippen LogP contribution in [0.4, 0.5) is 10.1 Å². The van der Waals surface area contributed by atoms with Gasteiger partial charge in [-0.3, -0.25) is 4.79 Å². The minimum atomic E-state index is -0.347. The third-order valence-corrected chi connectivity index (χ3v) is 4.42. The normalized spacial score (nSPS) is 11.2. The lowest BCUT2D eigenvalue weighted by Crippen LogP contribution is -2.21. The number of rotatable bonds is 4. The zero-order valence-electron chi connectivity index (χ0n) is 13.0. The van der Waals surface area contributed by atoms with E-state index in [0.717, 1.165) is 16.2 Å². The maximum Gasteiger partial charge on any atom is 0.190 e. The first-order valence-electron chi connectivity index (χ1n) is 7.17. The molecule has 0 aliphatic heterocycles. The molecule has 6 heteroatoms. The van der Waals surface area contributed by atoms with E-state index in [1.807, 2.05) is 47.2 Å². The number of carbonyl (C=O) groups excluding carboxylic acids is 1. The van der Waals surface area contributed by atoms with E-state index in [9.17, 15) is 9.18 Å². The molecule has 0 aliphatic rings. The first-order valence-corrected chi connectivity index (χ1v) is 8.05. The van der Waals surface area contributed by atoms with Crippen LogP contribution in [0.15, 0.2) is 65.0 Å². The molecule has 3 nitrogen and oxygen atoms in total. The fourth-order valence-corrected chi connectivity index (χ4v) is 3.08. The molecule has 1 heterocycles. The van der Waals surface area contributed by atoms with Gasteiger partial charge in [0, 0.05) is 16.6 Å². The molecule has 0 spiro atoms.